The number of amides is 1. The minimum atomic E-state index is -0.359. The van der Waals surface area contributed by atoms with Gasteiger partial charge in [0.15, 0.2) is 17.3 Å². The number of carbonyl (C=O) groups is 1. The molecule has 0 spiro atoms. The minimum absolute atomic E-state index is 0.177. The van der Waals surface area contributed by atoms with Crippen LogP contribution < -0.4 is 14.8 Å². The van der Waals surface area contributed by atoms with Crippen molar-refractivity contribution in [3.8, 4) is 11.5 Å². The lowest BCUT2D eigenvalue weighted by Crippen LogP contribution is -2.11. The van der Waals surface area contributed by atoms with Gasteiger partial charge < -0.3 is 19.2 Å². The monoisotopic (exact) mass is 452 g/mol. The molecule has 0 saturated heterocycles. The summed E-state index contributed by atoms with van der Waals surface area (Å²) in [4.78, 5) is 17.0. The van der Waals surface area contributed by atoms with Gasteiger partial charge >= 0.3 is 0 Å². The number of fused-ring (bicyclic) bond motifs is 1. The lowest BCUT2D eigenvalue weighted by Gasteiger charge is -2.09. The quantitative estimate of drug-likeness (QED) is 0.422. The number of anilines is 1. The molecule has 0 aliphatic carbocycles. The van der Waals surface area contributed by atoms with Gasteiger partial charge in [0.05, 0.1) is 18.3 Å². The van der Waals surface area contributed by atoms with Crippen LogP contribution >= 0.6 is 15.9 Å². The highest BCUT2D eigenvalue weighted by Crippen LogP contribution is 2.29. The Bertz CT molecular complexity index is 1170. The van der Waals surface area contributed by atoms with Gasteiger partial charge in [0.2, 0.25) is 0 Å². The molecule has 2 heterocycles. The maximum absolute atomic E-state index is 12.6. The first kappa shape index (κ1) is 19.0. The molecule has 2 aromatic carbocycles. The van der Waals surface area contributed by atoms with Crippen LogP contribution in [0.2, 0.25) is 0 Å². The Balaban J connectivity index is 1.47. The van der Waals surface area contributed by atoms with Crippen LogP contribution in [-0.4, -0.2) is 18.0 Å². The Morgan fingerprint density at radius 1 is 1.07 bits per heavy atom. The highest BCUT2D eigenvalue weighted by atomic mass is 79.9. The van der Waals surface area contributed by atoms with Gasteiger partial charge in [-0.05, 0) is 42.5 Å². The Kier molecular flexibility index (Phi) is 5.48. The van der Waals surface area contributed by atoms with E-state index < -0.39 is 0 Å². The fraction of sp³-hybridized carbons (Fsp3) is 0.0909. The van der Waals surface area contributed by atoms with Gasteiger partial charge in [0.25, 0.3) is 5.91 Å². The average molecular weight is 453 g/mol. The third-order valence-electron chi connectivity index (χ3n) is 4.29. The van der Waals surface area contributed by atoms with E-state index in [4.69, 9.17) is 13.9 Å². The summed E-state index contributed by atoms with van der Waals surface area (Å²) in [7, 11) is 1.58. The molecule has 146 valence electrons. The van der Waals surface area contributed by atoms with Crippen molar-refractivity contribution in [2.75, 3.05) is 12.4 Å². The summed E-state index contributed by atoms with van der Waals surface area (Å²) in [5, 5.41) is 3.77. The molecule has 2 aromatic heterocycles. The number of carbonyl (C=O) groups excluding carboxylic acids is 1. The van der Waals surface area contributed by atoms with Crippen molar-refractivity contribution in [2.45, 2.75) is 6.61 Å². The highest BCUT2D eigenvalue weighted by Gasteiger charge is 2.15. The fourth-order valence-corrected chi connectivity index (χ4v) is 3.34. The smallest absolute Gasteiger partial charge is 0.291 e. The van der Waals surface area contributed by atoms with Crippen molar-refractivity contribution in [3.63, 3.8) is 0 Å². The molecule has 7 heteroatoms. The van der Waals surface area contributed by atoms with Gasteiger partial charge in [-0.15, -0.1) is 0 Å². The lowest BCUT2D eigenvalue weighted by molar-refractivity contribution is 0.0992. The summed E-state index contributed by atoms with van der Waals surface area (Å²) in [6.07, 6.45) is 1.69. The third kappa shape index (κ3) is 4.09. The van der Waals surface area contributed by atoms with Gasteiger partial charge in [-0.1, -0.05) is 34.1 Å². The number of rotatable bonds is 6. The molecule has 0 aliphatic heterocycles. The number of aromatic nitrogens is 1. The fourth-order valence-electron chi connectivity index (χ4n) is 2.89. The van der Waals surface area contributed by atoms with Crippen molar-refractivity contribution >= 4 is 38.4 Å². The van der Waals surface area contributed by atoms with Crippen LogP contribution in [0.4, 0.5) is 5.69 Å². The van der Waals surface area contributed by atoms with Crippen molar-refractivity contribution in [2.24, 2.45) is 0 Å². The molecule has 0 bridgehead atoms. The molecule has 0 fully saturated rings. The number of hydrogen-bond acceptors (Lipinski definition) is 5. The molecule has 29 heavy (non-hydrogen) atoms. The van der Waals surface area contributed by atoms with E-state index in [-0.39, 0.29) is 18.3 Å². The van der Waals surface area contributed by atoms with E-state index in [1.54, 1.807) is 37.6 Å². The normalized spacial score (nSPS) is 10.7. The molecule has 4 rings (SSSR count). The average Bonchev–Trinajstić information content (AvgIpc) is 3.24. The first-order valence-electron chi connectivity index (χ1n) is 8.85. The zero-order valence-corrected chi connectivity index (χ0v) is 17.1. The van der Waals surface area contributed by atoms with E-state index in [0.29, 0.717) is 28.5 Å². The zero-order valence-electron chi connectivity index (χ0n) is 15.5. The molecule has 0 unspecified atom stereocenters. The van der Waals surface area contributed by atoms with E-state index in [0.717, 1.165) is 9.86 Å². The van der Waals surface area contributed by atoms with Crippen LogP contribution in [-0.2, 0) is 6.61 Å². The van der Waals surface area contributed by atoms with E-state index in [9.17, 15) is 4.79 Å². The van der Waals surface area contributed by atoms with Crippen LogP contribution in [0.15, 0.2) is 75.8 Å². The number of halogens is 1. The molecule has 0 aliphatic rings. The van der Waals surface area contributed by atoms with Crippen LogP contribution in [0.5, 0.6) is 11.5 Å². The van der Waals surface area contributed by atoms with Crippen LogP contribution in [0, 0.1) is 0 Å². The molecule has 0 radical (unpaired) electrons. The number of hydrogen-bond donors (Lipinski definition) is 1. The standard InChI is InChI=1S/C22H17BrN2O4/c1-27-18-6-2-3-7-19(18)28-13-14-8-11-20(29-14)22(26)25-17-10-9-16(23)15-5-4-12-24-21(15)17/h2-12H,13H2,1H3,(H,25,26). The van der Waals surface area contributed by atoms with Crippen molar-refractivity contribution in [3.05, 3.63) is 82.9 Å². The largest absolute Gasteiger partial charge is 0.493 e. The summed E-state index contributed by atoms with van der Waals surface area (Å²) in [5.41, 5.74) is 1.30. The number of para-hydroxylation sites is 2. The molecular weight excluding hydrogens is 436 g/mol. The van der Waals surface area contributed by atoms with E-state index >= 15 is 0 Å². The highest BCUT2D eigenvalue weighted by molar-refractivity contribution is 9.10. The predicted molar refractivity (Wildman–Crippen MR) is 113 cm³/mol. The summed E-state index contributed by atoms with van der Waals surface area (Å²) in [6, 6.07) is 18.1. The Hall–Kier alpha value is -3.32. The minimum Gasteiger partial charge on any atom is -0.493 e. The van der Waals surface area contributed by atoms with Crippen molar-refractivity contribution < 1.29 is 18.7 Å². The van der Waals surface area contributed by atoms with Crippen molar-refractivity contribution in [1.29, 1.82) is 0 Å². The van der Waals surface area contributed by atoms with Gasteiger partial charge in [-0.25, -0.2) is 0 Å². The topological polar surface area (TPSA) is 73.6 Å². The SMILES string of the molecule is COc1ccccc1OCc1ccc(C(=O)Nc2ccc(Br)c3cccnc23)o1. The molecule has 6 nitrogen and oxygen atoms in total. The molecular formula is C22H17BrN2O4. The van der Waals surface area contributed by atoms with Gasteiger partial charge in [0, 0.05) is 16.1 Å². The van der Waals surface area contributed by atoms with Crippen LogP contribution in [0.1, 0.15) is 16.3 Å². The second kappa shape index (κ2) is 8.36. The molecule has 1 N–H and O–H groups in total. The lowest BCUT2D eigenvalue weighted by atomic mass is 10.2. The Morgan fingerprint density at radius 2 is 1.90 bits per heavy atom. The Morgan fingerprint density at radius 3 is 2.72 bits per heavy atom. The number of methoxy groups -OCH3 is 1. The zero-order chi connectivity index (χ0) is 20.2. The van der Waals surface area contributed by atoms with Crippen molar-refractivity contribution in [1.82, 2.24) is 4.98 Å². The number of pyridine rings is 1. The first-order valence-corrected chi connectivity index (χ1v) is 9.64. The maximum atomic E-state index is 12.6. The molecule has 4 aromatic rings. The third-order valence-corrected chi connectivity index (χ3v) is 4.98. The second-order valence-electron chi connectivity index (χ2n) is 6.15. The second-order valence-corrected chi connectivity index (χ2v) is 7.01. The van der Waals surface area contributed by atoms with Crippen LogP contribution in [0.3, 0.4) is 0 Å². The summed E-state index contributed by atoms with van der Waals surface area (Å²) < 4.78 is 17.5. The predicted octanol–water partition coefficient (Wildman–Crippen LogP) is 5.43. The van der Waals surface area contributed by atoms with Crippen LogP contribution in [0.25, 0.3) is 10.9 Å². The summed E-state index contributed by atoms with van der Waals surface area (Å²) in [6.45, 7) is 0.177. The van der Waals surface area contributed by atoms with E-state index in [1.165, 1.54) is 0 Å². The number of ether oxygens (including phenoxy) is 2. The maximum Gasteiger partial charge on any atom is 0.291 e. The summed E-state index contributed by atoms with van der Waals surface area (Å²) >= 11 is 3.50. The summed E-state index contributed by atoms with van der Waals surface area (Å²) in [5.74, 6) is 1.59. The van der Waals surface area contributed by atoms with Gasteiger partial charge in [0.1, 0.15) is 12.4 Å². The van der Waals surface area contributed by atoms with Gasteiger partial charge in [-0.3, -0.25) is 9.78 Å². The first-order chi connectivity index (χ1) is 14.2. The molecule has 0 saturated carbocycles. The Labute approximate surface area is 175 Å². The van der Waals surface area contributed by atoms with E-state index in [1.807, 2.05) is 36.4 Å². The molecule has 1 amide bonds. The number of nitrogens with zero attached hydrogens (tertiary/aromatic N) is 1. The van der Waals surface area contributed by atoms with Gasteiger partial charge in [-0.2, -0.15) is 0 Å². The number of nitrogens with one attached hydrogen (secondary N) is 1. The van der Waals surface area contributed by atoms with E-state index in [2.05, 4.69) is 26.2 Å². The number of benzene rings is 2. The number of furan rings is 1. The molecule has 0 atom stereocenters.